The van der Waals surface area contributed by atoms with Gasteiger partial charge in [0.15, 0.2) is 0 Å². The van der Waals surface area contributed by atoms with E-state index in [-0.39, 0.29) is 0 Å². The Hall–Kier alpha value is -0.370. The maximum atomic E-state index is 11.9. The van der Waals surface area contributed by atoms with E-state index in [2.05, 4.69) is 5.32 Å². The van der Waals surface area contributed by atoms with E-state index in [4.69, 9.17) is 0 Å². The molecule has 52 valence electrons. The summed E-state index contributed by atoms with van der Waals surface area (Å²) in [6.07, 6.45) is 1.63. The minimum absolute atomic E-state index is 0.392. The molecule has 1 aliphatic rings. The van der Waals surface area contributed by atoms with Gasteiger partial charge in [0.1, 0.15) is 0 Å². The van der Waals surface area contributed by atoms with E-state index >= 15 is 0 Å². The van der Waals surface area contributed by atoms with Crippen molar-refractivity contribution in [2.45, 2.75) is 13.3 Å². The molecule has 0 amide bonds. The predicted octanol–water partition coefficient (Wildman–Crippen LogP) is 1.47. The van der Waals surface area contributed by atoms with E-state index in [1.807, 2.05) is 6.92 Å². The van der Waals surface area contributed by atoms with Crippen LogP contribution in [0.5, 0.6) is 0 Å². The van der Waals surface area contributed by atoms with Crippen LogP contribution < -0.4 is 5.32 Å². The summed E-state index contributed by atoms with van der Waals surface area (Å²) < 4.78 is 11.9. The van der Waals surface area contributed by atoms with Crippen molar-refractivity contribution < 1.29 is 4.39 Å². The third kappa shape index (κ3) is 1.52. The van der Waals surface area contributed by atoms with Gasteiger partial charge in [-0.3, -0.25) is 0 Å². The summed E-state index contributed by atoms with van der Waals surface area (Å²) in [5.74, 6) is 0.392. The first-order chi connectivity index (χ1) is 4.34. The van der Waals surface area contributed by atoms with Crippen molar-refractivity contribution in [3.8, 4) is 0 Å². The molecule has 1 aliphatic heterocycles. The van der Waals surface area contributed by atoms with Crippen molar-refractivity contribution in [2.75, 3.05) is 13.1 Å². The Bertz CT molecular complexity index is 120. The van der Waals surface area contributed by atoms with E-state index < -0.39 is 0 Å². The molecule has 0 spiro atoms. The molecule has 0 unspecified atom stereocenters. The molecular formula is C7H12FN. The highest BCUT2D eigenvalue weighted by Gasteiger charge is 2.12. The quantitative estimate of drug-likeness (QED) is 0.522. The van der Waals surface area contributed by atoms with Crippen LogP contribution in [-0.2, 0) is 0 Å². The SMILES string of the molecule is C[C@@H]1CNCC/C1=C\F. The third-order valence-electron chi connectivity index (χ3n) is 1.81. The van der Waals surface area contributed by atoms with Gasteiger partial charge < -0.3 is 5.32 Å². The Kier molecular flexibility index (Phi) is 2.22. The van der Waals surface area contributed by atoms with E-state index in [1.54, 1.807) is 0 Å². The van der Waals surface area contributed by atoms with Crippen molar-refractivity contribution in [2.24, 2.45) is 5.92 Å². The lowest BCUT2D eigenvalue weighted by molar-refractivity contribution is 0.487. The minimum atomic E-state index is 0.392. The average Bonchev–Trinajstić information content (AvgIpc) is 1.89. The molecule has 0 radical (unpaired) electrons. The molecule has 0 aromatic carbocycles. The first kappa shape index (κ1) is 6.75. The highest BCUT2D eigenvalue weighted by atomic mass is 19.1. The topological polar surface area (TPSA) is 12.0 Å². The number of piperidine rings is 1. The molecule has 1 N–H and O–H groups in total. The van der Waals surface area contributed by atoms with Gasteiger partial charge in [-0.1, -0.05) is 6.92 Å². The van der Waals surface area contributed by atoms with Crippen LogP contribution in [0.25, 0.3) is 0 Å². The summed E-state index contributed by atoms with van der Waals surface area (Å²) in [6.45, 7) is 3.90. The van der Waals surface area contributed by atoms with Crippen molar-refractivity contribution in [3.05, 3.63) is 11.9 Å². The Morgan fingerprint density at radius 1 is 1.78 bits per heavy atom. The molecule has 1 nitrogen and oxygen atoms in total. The highest BCUT2D eigenvalue weighted by Crippen LogP contribution is 2.16. The van der Waals surface area contributed by atoms with Gasteiger partial charge in [0.2, 0.25) is 0 Å². The Labute approximate surface area is 54.9 Å². The lowest BCUT2D eigenvalue weighted by Crippen LogP contribution is -2.29. The zero-order chi connectivity index (χ0) is 6.69. The van der Waals surface area contributed by atoms with Crippen molar-refractivity contribution in [3.63, 3.8) is 0 Å². The fourth-order valence-electron chi connectivity index (χ4n) is 1.09. The molecular weight excluding hydrogens is 117 g/mol. The van der Waals surface area contributed by atoms with E-state index in [0.29, 0.717) is 5.92 Å². The predicted molar refractivity (Wildman–Crippen MR) is 35.8 cm³/mol. The number of hydrogen-bond donors (Lipinski definition) is 1. The smallest absolute Gasteiger partial charge is 0.0862 e. The summed E-state index contributed by atoms with van der Waals surface area (Å²) in [6, 6.07) is 0. The largest absolute Gasteiger partial charge is 0.316 e. The summed E-state index contributed by atoms with van der Waals surface area (Å²) in [7, 11) is 0. The van der Waals surface area contributed by atoms with Crippen LogP contribution in [0.4, 0.5) is 4.39 Å². The molecule has 1 fully saturated rings. The van der Waals surface area contributed by atoms with Crippen LogP contribution in [0.1, 0.15) is 13.3 Å². The van der Waals surface area contributed by atoms with Gasteiger partial charge in [0.05, 0.1) is 6.33 Å². The van der Waals surface area contributed by atoms with Crippen LogP contribution >= 0.6 is 0 Å². The van der Waals surface area contributed by atoms with Gasteiger partial charge in [-0.25, -0.2) is 4.39 Å². The van der Waals surface area contributed by atoms with E-state index in [0.717, 1.165) is 31.4 Å². The second-order valence-electron chi connectivity index (χ2n) is 2.54. The van der Waals surface area contributed by atoms with Gasteiger partial charge in [0.25, 0.3) is 0 Å². The van der Waals surface area contributed by atoms with Gasteiger partial charge in [-0.15, -0.1) is 0 Å². The molecule has 0 bridgehead atoms. The number of hydrogen-bond acceptors (Lipinski definition) is 1. The number of halogens is 1. The molecule has 0 saturated carbocycles. The van der Waals surface area contributed by atoms with Crippen molar-refractivity contribution in [1.29, 1.82) is 0 Å². The lowest BCUT2D eigenvalue weighted by atomic mass is 9.96. The van der Waals surface area contributed by atoms with Gasteiger partial charge >= 0.3 is 0 Å². The van der Waals surface area contributed by atoms with E-state index in [1.165, 1.54) is 0 Å². The Morgan fingerprint density at radius 3 is 3.00 bits per heavy atom. The summed E-state index contributed by atoms with van der Waals surface area (Å²) in [4.78, 5) is 0. The number of nitrogens with one attached hydrogen (secondary N) is 1. The van der Waals surface area contributed by atoms with Crippen LogP contribution in [0.15, 0.2) is 11.9 Å². The molecule has 1 heterocycles. The van der Waals surface area contributed by atoms with E-state index in [9.17, 15) is 4.39 Å². The fourth-order valence-corrected chi connectivity index (χ4v) is 1.09. The number of rotatable bonds is 0. The summed E-state index contributed by atoms with van der Waals surface area (Å²) >= 11 is 0. The van der Waals surface area contributed by atoms with Crippen molar-refractivity contribution in [1.82, 2.24) is 5.32 Å². The van der Waals surface area contributed by atoms with Crippen LogP contribution in [0, 0.1) is 5.92 Å². The molecule has 1 rings (SSSR count). The first-order valence-electron chi connectivity index (χ1n) is 3.34. The molecule has 0 aromatic rings. The molecule has 1 atom stereocenters. The highest BCUT2D eigenvalue weighted by molar-refractivity contribution is 5.05. The van der Waals surface area contributed by atoms with Crippen molar-refractivity contribution >= 4 is 0 Å². The third-order valence-corrected chi connectivity index (χ3v) is 1.81. The molecule has 2 heteroatoms. The second-order valence-corrected chi connectivity index (χ2v) is 2.54. The average molecular weight is 129 g/mol. The van der Waals surface area contributed by atoms with Crippen LogP contribution in [0.2, 0.25) is 0 Å². The normalized spacial score (nSPS) is 33.1. The maximum Gasteiger partial charge on any atom is 0.0862 e. The fraction of sp³-hybridized carbons (Fsp3) is 0.714. The first-order valence-corrected chi connectivity index (χ1v) is 3.34. The Morgan fingerprint density at radius 2 is 2.56 bits per heavy atom. The molecule has 1 saturated heterocycles. The van der Waals surface area contributed by atoms with Crippen LogP contribution in [-0.4, -0.2) is 13.1 Å². The van der Waals surface area contributed by atoms with Gasteiger partial charge in [-0.2, -0.15) is 0 Å². The lowest BCUT2D eigenvalue weighted by Gasteiger charge is -2.21. The zero-order valence-corrected chi connectivity index (χ0v) is 5.65. The zero-order valence-electron chi connectivity index (χ0n) is 5.65. The summed E-state index contributed by atoms with van der Waals surface area (Å²) in [5, 5.41) is 3.19. The molecule has 0 aromatic heterocycles. The Balaban J connectivity index is 2.49. The standard InChI is InChI=1S/C7H12FN/c1-6-5-9-3-2-7(6)4-8/h4,6,9H,2-3,5H2,1H3/b7-4+/t6-/m1/s1. The van der Waals surface area contributed by atoms with Gasteiger partial charge in [0, 0.05) is 6.54 Å². The monoisotopic (exact) mass is 129 g/mol. The molecule has 9 heavy (non-hydrogen) atoms. The second kappa shape index (κ2) is 2.97. The summed E-state index contributed by atoms with van der Waals surface area (Å²) in [5.41, 5.74) is 0.953. The molecule has 0 aliphatic carbocycles. The maximum absolute atomic E-state index is 11.9. The minimum Gasteiger partial charge on any atom is -0.316 e. The van der Waals surface area contributed by atoms with Gasteiger partial charge in [-0.05, 0) is 24.5 Å². The van der Waals surface area contributed by atoms with Crippen LogP contribution in [0.3, 0.4) is 0 Å².